The van der Waals surface area contributed by atoms with E-state index in [1.807, 2.05) is 88.4 Å². The number of rotatable bonds is 14. The third-order valence-corrected chi connectivity index (χ3v) is 8.66. The topological polar surface area (TPSA) is 157 Å². The zero-order valence-electron chi connectivity index (χ0n) is 28.1. The molecule has 0 saturated heterocycles. The lowest BCUT2D eigenvalue weighted by Crippen LogP contribution is -2.57. The molecule has 5 N–H and O–H groups in total. The molecule has 4 atom stereocenters. The molecular formula is C35H47N5O6S. The zero-order valence-corrected chi connectivity index (χ0v) is 28.9. The van der Waals surface area contributed by atoms with Crippen LogP contribution in [0.5, 0.6) is 0 Å². The first-order chi connectivity index (χ1) is 21.9. The minimum Gasteiger partial charge on any atom is -0.391 e. The Morgan fingerprint density at radius 1 is 0.851 bits per heavy atom. The average Bonchev–Trinajstić information content (AvgIpc) is 2.99. The van der Waals surface area contributed by atoms with Gasteiger partial charge < -0.3 is 26.4 Å². The van der Waals surface area contributed by atoms with Gasteiger partial charge >= 0.3 is 0 Å². The van der Waals surface area contributed by atoms with Crippen LogP contribution in [-0.2, 0) is 21.2 Å². The number of benzene rings is 3. The second kappa shape index (κ2) is 16.0. The van der Waals surface area contributed by atoms with Crippen LogP contribution in [0.25, 0.3) is 0 Å². The van der Waals surface area contributed by atoms with Crippen molar-refractivity contribution in [1.29, 1.82) is 0 Å². The number of aliphatic hydroxyl groups is 1. The van der Waals surface area contributed by atoms with Crippen LogP contribution in [0, 0.1) is 0 Å². The van der Waals surface area contributed by atoms with E-state index in [9.17, 15) is 27.9 Å². The summed E-state index contributed by atoms with van der Waals surface area (Å²) in [6.45, 7) is 8.99. The number of sulfonamides is 1. The van der Waals surface area contributed by atoms with E-state index in [2.05, 4.69) is 21.3 Å². The first kappa shape index (κ1) is 37.2. The summed E-state index contributed by atoms with van der Waals surface area (Å²) in [7, 11) is -2.37. The highest BCUT2D eigenvalue weighted by Crippen LogP contribution is 2.22. The molecule has 254 valence electrons. The molecule has 0 saturated carbocycles. The number of carbonyl (C=O) groups is 3. The molecule has 0 aromatic heterocycles. The molecule has 0 bridgehead atoms. The summed E-state index contributed by atoms with van der Waals surface area (Å²) in [5.41, 5.74) is 1.61. The highest BCUT2D eigenvalue weighted by Gasteiger charge is 2.28. The molecule has 0 heterocycles. The monoisotopic (exact) mass is 665 g/mol. The molecule has 3 aromatic rings. The second-order valence-electron chi connectivity index (χ2n) is 12.8. The quantitative estimate of drug-likeness (QED) is 0.177. The number of hydrogen-bond donors (Lipinski definition) is 5. The fourth-order valence-corrected chi connectivity index (χ4v) is 5.38. The van der Waals surface area contributed by atoms with E-state index in [0.717, 1.165) is 21.7 Å². The summed E-state index contributed by atoms with van der Waals surface area (Å²) >= 11 is 0. The van der Waals surface area contributed by atoms with E-state index >= 15 is 0 Å². The minimum absolute atomic E-state index is 0.0751. The summed E-state index contributed by atoms with van der Waals surface area (Å²) < 4.78 is 25.9. The van der Waals surface area contributed by atoms with Crippen LogP contribution in [-0.4, -0.2) is 74.8 Å². The van der Waals surface area contributed by atoms with Crippen LogP contribution < -0.4 is 25.6 Å². The lowest BCUT2D eigenvalue weighted by Gasteiger charge is -2.29. The van der Waals surface area contributed by atoms with E-state index in [1.54, 1.807) is 0 Å². The lowest BCUT2D eigenvalue weighted by molar-refractivity contribution is -0.127. The molecule has 0 unspecified atom stereocenters. The number of hydrogen-bond acceptors (Lipinski definition) is 7. The Kier molecular flexibility index (Phi) is 12.7. The van der Waals surface area contributed by atoms with Crippen molar-refractivity contribution in [2.45, 2.75) is 70.8 Å². The summed E-state index contributed by atoms with van der Waals surface area (Å²) in [5.74, 6) is -1.41. The molecule has 0 fully saturated rings. The van der Waals surface area contributed by atoms with Crippen LogP contribution in [0.15, 0.2) is 78.9 Å². The molecule has 0 aliphatic heterocycles. The maximum absolute atomic E-state index is 13.8. The predicted octanol–water partition coefficient (Wildman–Crippen LogP) is 3.17. The number of nitrogens with zero attached hydrogens (tertiary/aromatic N) is 1. The molecule has 0 aliphatic rings. The van der Waals surface area contributed by atoms with Crippen LogP contribution in [0.4, 0.5) is 5.69 Å². The normalized spacial score (nSPS) is 14.3. The van der Waals surface area contributed by atoms with Crippen molar-refractivity contribution in [3.8, 4) is 0 Å². The van der Waals surface area contributed by atoms with Gasteiger partial charge in [0.2, 0.25) is 15.9 Å². The predicted molar refractivity (Wildman–Crippen MR) is 185 cm³/mol. The highest BCUT2D eigenvalue weighted by atomic mass is 32.2. The Labute approximate surface area is 278 Å². The number of aliphatic hydroxyl groups excluding tert-OH is 1. The summed E-state index contributed by atoms with van der Waals surface area (Å²) in [6, 6.07) is 21.2. The molecular weight excluding hydrogens is 618 g/mol. The number of anilines is 1. The van der Waals surface area contributed by atoms with E-state index in [1.165, 1.54) is 32.2 Å². The maximum atomic E-state index is 13.8. The van der Waals surface area contributed by atoms with Gasteiger partial charge in [-0.05, 0) is 70.4 Å². The lowest BCUT2D eigenvalue weighted by atomic mass is 10.0. The van der Waals surface area contributed by atoms with Crippen molar-refractivity contribution in [2.24, 2.45) is 0 Å². The van der Waals surface area contributed by atoms with Gasteiger partial charge in [-0.15, -0.1) is 0 Å². The van der Waals surface area contributed by atoms with Gasteiger partial charge in [0.1, 0.15) is 6.04 Å². The molecule has 3 amide bonds. The van der Waals surface area contributed by atoms with Crippen molar-refractivity contribution >= 4 is 33.4 Å². The largest absolute Gasteiger partial charge is 0.391 e. The molecule has 0 aliphatic carbocycles. The number of amides is 3. The average molecular weight is 666 g/mol. The summed E-state index contributed by atoms with van der Waals surface area (Å²) in [6.07, 6.45) is 0.401. The van der Waals surface area contributed by atoms with Crippen LogP contribution in [0.2, 0.25) is 0 Å². The SMILES string of the molecule is C[C@@H](NC(=O)c1cc(C(=O)N[C@H](CN[C@H](C(=O)NC(C)(C)C)[C@@H](C)O)Cc2ccccc2)cc(N(C)S(C)(=O)=O)c1)c1ccccc1. The molecule has 12 heteroatoms. The Morgan fingerprint density at radius 3 is 1.89 bits per heavy atom. The molecule has 0 spiro atoms. The van der Waals surface area contributed by atoms with Crippen LogP contribution >= 0.6 is 0 Å². The van der Waals surface area contributed by atoms with E-state index < -0.39 is 45.6 Å². The van der Waals surface area contributed by atoms with Crippen molar-refractivity contribution < 1.29 is 27.9 Å². The van der Waals surface area contributed by atoms with E-state index in [0.29, 0.717) is 6.42 Å². The highest BCUT2D eigenvalue weighted by molar-refractivity contribution is 7.92. The van der Waals surface area contributed by atoms with Gasteiger partial charge in [-0.25, -0.2) is 8.42 Å². The Hall–Kier alpha value is -4.26. The van der Waals surface area contributed by atoms with Gasteiger partial charge in [0.15, 0.2) is 0 Å². The van der Waals surface area contributed by atoms with E-state index in [4.69, 9.17) is 0 Å². The Bertz CT molecular complexity index is 1630. The van der Waals surface area contributed by atoms with Crippen molar-refractivity contribution in [3.05, 3.63) is 101 Å². The molecule has 47 heavy (non-hydrogen) atoms. The molecule has 3 rings (SSSR count). The van der Waals surface area contributed by atoms with Gasteiger partial charge in [0.25, 0.3) is 11.8 Å². The van der Waals surface area contributed by atoms with Crippen LogP contribution in [0.3, 0.4) is 0 Å². The van der Waals surface area contributed by atoms with Gasteiger partial charge in [-0.3, -0.25) is 18.7 Å². The van der Waals surface area contributed by atoms with Crippen molar-refractivity contribution in [2.75, 3.05) is 24.2 Å². The van der Waals surface area contributed by atoms with Gasteiger partial charge in [-0.1, -0.05) is 60.7 Å². The zero-order chi connectivity index (χ0) is 34.9. The van der Waals surface area contributed by atoms with Gasteiger partial charge in [0.05, 0.1) is 24.1 Å². The third-order valence-electron chi connectivity index (χ3n) is 7.46. The summed E-state index contributed by atoms with van der Waals surface area (Å²) in [5, 5.41) is 22.3. The van der Waals surface area contributed by atoms with Crippen molar-refractivity contribution in [3.63, 3.8) is 0 Å². The first-order valence-electron chi connectivity index (χ1n) is 15.5. The Balaban J connectivity index is 1.93. The minimum atomic E-state index is -3.72. The Morgan fingerprint density at radius 2 is 1.38 bits per heavy atom. The molecule has 0 radical (unpaired) electrons. The summed E-state index contributed by atoms with van der Waals surface area (Å²) in [4.78, 5) is 40.2. The fraction of sp³-hybridized carbons (Fsp3) is 0.400. The van der Waals surface area contributed by atoms with Gasteiger partial charge in [-0.2, -0.15) is 0 Å². The number of nitrogens with one attached hydrogen (secondary N) is 4. The fourth-order valence-electron chi connectivity index (χ4n) is 4.89. The van der Waals surface area contributed by atoms with Crippen molar-refractivity contribution in [1.82, 2.24) is 21.3 Å². The molecule has 11 nitrogen and oxygen atoms in total. The maximum Gasteiger partial charge on any atom is 0.251 e. The smallest absolute Gasteiger partial charge is 0.251 e. The standard InChI is InChI=1S/C35H47N5O6S/c1-23(26-16-12-9-13-17-26)37-32(42)27-19-28(21-30(20-27)40(6)47(7,45)46)33(43)38-29(18-25-14-10-8-11-15-25)22-36-31(24(2)41)34(44)39-35(3,4)5/h8-17,19-21,23-24,29,31,36,41H,18,22H2,1-7H3,(H,37,42)(H,38,43)(H,39,44)/t23-,24-,29+,31+/m1/s1. The van der Waals surface area contributed by atoms with Gasteiger partial charge in [0, 0.05) is 36.3 Å². The number of carbonyl (C=O) groups excluding carboxylic acids is 3. The van der Waals surface area contributed by atoms with Crippen LogP contribution in [0.1, 0.15) is 72.5 Å². The van der Waals surface area contributed by atoms with E-state index in [-0.39, 0.29) is 35.3 Å². The second-order valence-corrected chi connectivity index (χ2v) is 14.8. The third kappa shape index (κ3) is 11.5. The first-order valence-corrected chi connectivity index (χ1v) is 17.3. The molecule has 3 aromatic carbocycles.